The van der Waals surface area contributed by atoms with E-state index in [1.807, 2.05) is 34.7 Å². The molecule has 2 atom stereocenters. The summed E-state index contributed by atoms with van der Waals surface area (Å²) in [4.78, 5) is 31.8. The molecule has 2 amide bonds. The Morgan fingerprint density at radius 2 is 1.73 bits per heavy atom. The number of hydrogen-bond acceptors (Lipinski definition) is 7. The smallest absolute Gasteiger partial charge is 0.257 e. The Morgan fingerprint density at radius 1 is 1.11 bits per heavy atom. The van der Waals surface area contributed by atoms with Crippen LogP contribution in [0.2, 0.25) is 0 Å². The van der Waals surface area contributed by atoms with Gasteiger partial charge in [-0.2, -0.15) is 4.31 Å². The number of ether oxygens (including phenoxy) is 1. The van der Waals surface area contributed by atoms with Crippen molar-refractivity contribution in [3.8, 4) is 0 Å². The summed E-state index contributed by atoms with van der Waals surface area (Å²) in [6, 6.07) is 5.96. The number of likely N-dealkylation sites (N-methyl/N-ethyl adjacent to an activating group) is 1. The van der Waals surface area contributed by atoms with Crippen molar-refractivity contribution in [1.29, 1.82) is 0 Å². The predicted octanol–water partition coefficient (Wildman–Crippen LogP) is 3.27. The number of rotatable bonds is 7. The Labute approximate surface area is 223 Å². The molecule has 1 aromatic heterocycles. The van der Waals surface area contributed by atoms with E-state index >= 15 is 0 Å². The summed E-state index contributed by atoms with van der Waals surface area (Å²) in [6.45, 7) is 10.9. The molecule has 2 aliphatic rings. The highest BCUT2D eigenvalue weighted by atomic mass is 32.2. The third-order valence-corrected chi connectivity index (χ3v) is 9.86. The third kappa shape index (κ3) is 5.75. The van der Waals surface area contributed by atoms with Crippen LogP contribution in [0, 0.1) is 0 Å². The van der Waals surface area contributed by atoms with Gasteiger partial charge in [-0.05, 0) is 71.0 Å². The number of hydrogen-bond donors (Lipinski definition) is 1. The first-order chi connectivity index (χ1) is 17.5. The van der Waals surface area contributed by atoms with E-state index in [4.69, 9.17) is 4.74 Å². The standard InChI is InChI=1S/C26H36N4O5S2/c1-6-29(7-2)26(32)23-21-12-13-28(5)16-22(21)36-25(23)27-24(31)19-8-10-20(11-9-19)37(33,34)30-14-17(3)35-18(4)15-30/h8-11,17-18H,6-7,12-16H2,1-5H3,(H,27,31). The minimum atomic E-state index is -3.70. The van der Waals surface area contributed by atoms with Gasteiger partial charge in [-0.3, -0.25) is 9.59 Å². The summed E-state index contributed by atoms with van der Waals surface area (Å²) in [5, 5.41) is 3.50. The minimum Gasteiger partial charge on any atom is -0.373 e. The third-order valence-electron chi connectivity index (χ3n) is 6.88. The van der Waals surface area contributed by atoms with E-state index in [1.165, 1.54) is 39.9 Å². The van der Waals surface area contributed by atoms with Crippen molar-refractivity contribution in [2.24, 2.45) is 0 Å². The van der Waals surface area contributed by atoms with E-state index in [0.717, 1.165) is 30.0 Å². The molecule has 202 valence electrons. The number of nitrogens with zero attached hydrogens (tertiary/aromatic N) is 3. The molecule has 0 spiro atoms. The molecular formula is C26H36N4O5S2. The van der Waals surface area contributed by atoms with Crippen molar-refractivity contribution >= 4 is 38.2 Å². The van der Waals surface area contributed by atoms with Crippen LogP contribution in [0.25, 0.3) is 0 Å². The van der Waals surface area contributed by atoms with E-state index in [9.17, 15) is 18.0 Å². The lowest BCUT2D eigenvalue weighted by Crippen LogP contribution is -2.48. The monoisotopic (exact) mass is 548 g/mol. The molecule has 1 saturated heterocycles. The number of carbonyl (C=O) groups excluding carboxylic acids is 2. The molecule has 37 heavy (non-hydrogen) atoms. The summed E-state index contributed by atoms with van der Waals surface area (Å²) in [6.07, 6.45) is 0.382. The topological polar surface area (TPSA) is 99.3 Å². The van der Waals surface area contributed by atoms with Gasteiger partial charge in [0.15, 0.2) is 0 Å². The van der Waals surface area contributed by atoms with Crippen LogP contribution in [-0.2, 0) is 27.7 Å². The van der Waals surface area contributed by atoms with Gasteiger partial charge in [0.2, 0.25) is 10.0 Å². The Morgan fingerprint density at radius 3 is 2.32 bits per heavy atom. The zero-order chi connectivity index (χ0) is 26.9. The van der Waals surface area contributed by atoms with E-state index in [-0.39, 0.29) is 42.0 Å². The lowest BCUT2D eigenvalue weighted by atomic mass is 10.0. The van der Waals surface area contributed by atoms with Crippen molar-refractivity contribution in [2.45, 2.75) is 57.8 Å². The Hall–Kier alpha value is -2.31. The summed E-state index contributed by atoms with van der Waals surface area (Å²) < 4.78 is 33.4. The zero-order valence-corrected chi connectivity index (χ0v) is 23.7. The van der Waals surface area contributed by atoms with Crippen molar-refractivity contribution in [1.82, 2.24) is 14.1 Å². The van der Waals surface area contributed by atoms with Crippen LogP contribution in [0.1, 0.15) is 58.9 Å². The summed E-state index contributed by atoms with van der Waals surface area (Å²) in [7, 11) is -1.66. The average molecular weight is 549 g/mol. The normalized spacial score (nSPS) is 20.9. The number of amides is 2. The number of nitrogens with one attached hydrogen (secondary N) is 1. The molecule has 1 fully saturated rings. The fourth-order valence-electron chi connectivity index (χ4n) is 4.94. The Bertz CT molecular complexity index is 1240. The molecule has 0 radical (unpaired) electrons. The van der Waals surface area contributed by atoms with Crippen molar-refractivity contribution in [3.05, 3.63) is 45.8 Å². The van der Waals surface area contributed by atoms with Crippen molar-refractivity contribution in [2.75, 3.05) is 45.1 Å². The first-order valence-electron chi connectivity index (χ1n) is 12.7. The van der Waals surface area contributed by atoms with Gasteiger partial charge in [-0.15, -0.1) is 11.3 Å². The van der Waals surface area contributed by atoms with E-state index in [0.29, 0.717) is 29.2 Å². The van der Waals surface area contributed by atoms with Gasteiger partial charge < -0.3 is 19.9 Å². The zero-order valence-electron chi connectivity index (χ0n) is 22.1. The molecule has 0 bridgehead atoms. The first kappa shape index (κ1) is 27.7. The number of carbonyl (C=O) groups is 2. The van der Waals surface area contributed by atoms with Gasteiger partial charge in [0, 0.05) is 49.7 Å². The van der Waals surface area contributed by atoms with Crippen LogP contribution in [-0.4, -0.2) is 86.3 Å². The van der Waals surface area contributed by atoms with E-state index in [2.05, 4.69) is 10.2 Å². The quantitative estimate of drug-likeness (QED) is 0.570. The molecule has 9 nitrogen and oxygen atoms in total. The predicted molar refractivity (Wildman–Crippen MR) is 145 cm³/mol. The second-order valence-corrected chi connectivity index (χ2v) is 12.8. The number of sulfonamides is 1. The van der Waals surface area contributed by atoms with Gasteiger partial charge in [-0.1, -0.05) is 0 Å². The fraction of sp³-hybridized carbons (Fsp3) is 0.538. The fourth-order valence-corrected chi connectivity index (χ4v) is 7.85. The van der Waals surface area contributed by atoms with Crippen LogP contribution in [0.15, 0.2) is 29.2 Å². The maximum absolute atomic E-state index is 13.4. The molecule has 1 N–H and O–H groups in total. The molecule has 0 aliphatic carbocycles. The Kier molecular flexibility index (Phi) is 8.39. The second-order valence-electron chi connectivity index (χ2n) is 9.73. The number of benzene rings is 1. The van der Waals surface area contributed by atoms with Crippen molar-refractivity contribution in [3.63, 3.8) is 0 Å². The summed E-state index contributed by atoms with van der Waals surface area (Å²) >= 11 is 1.45. The molecule has 4 rings (SSSR count). The van der Waals surface area contributed by atoms with E-state index < -0.39 is 10.0 Å². The van der Waals surface area contributed by atoms with E-state index in [1.54, 1.807) is 4.90 Å². The number of fused-ring (bicyclic) bond motifs is 1. The van der Waals surface area contributed by atoms with Crippen LogP contribution in [0.3, 0.4) is 0 Å². The van der Waals surface area contributed by atoms with Crippen molar-refractivity contribution < 1.29 is 22.7 Å². The largest absolute Gasteiger partial charge is 0.373 e. The lowest BCUT2D eigenvalue weighted by Gasteiger charge is -2.34. The van der Waals surface area contributed by atoms with Crippen LogP contribution >= 0.6 is 11.3 Å². The average Bonchev–Trinajstić information content (AvgIpc) is 3.20. The molecule has 0 saturated carbocycles. The van der Waals surface area contributed by atoms with Crippen LogP contribution in [0.5, 0.6) is 0 Å². The molecule has 2 unspecified atom stereocenters. The molecule has 3 heterocycles. The maximum atomic E-state index is 13.4. The molecule has 2 aliphatic heterocycles. The SMILES string of the molecule is CCN(CC)C(=O)c1c(NC(=O)c2ccc(S(=O)(=O)N3CC(C)OC(C)C3)cc2)sc2c1CCN(C)C2. The molecule has 2 aromatic rings. The second kappa shape index (κ2) is 11.2. The van der Waals surface area contributed by atoms with Gasteiger partial charge in [0.05, 0.1) is 22.7 Å². The number of anilines is 1. The summed E-state index contributed by atoms with van der Waals surface area (Å²) in [5.74, 6) is -0.448. The molecular weight excluding hydrogens is 512 g/mol. The van der Waals surface area contributed by atoms with Crippen LogP contribution in [0.4, 0.5) is 5.00 Å². The molecule has 1 aromatic carbocycles. The van der Waals surface area contributed by atoms with Crippen LogP contribution < -0.4 is 5.32 Å². The number of thiophene rings is 1. The highest BCUT2D eigenvalue weighted by Crippen LogP contribution is 2.38. The van der Waals surface area contributed by atoms with Gasteiger partial charge >= 0.3 is 0 Å². The number of morpholine rings is 1. The first-order valence-corrected chi connectivity index (χ1v) is 15.0. The minimum absolute atomic E-state index is 0.0715. The highest BCUT2D eigenvalue weighted by molar-refractivity contribution is 7.89. The maximum Gasteiger partial charge on any atom is 0.257 e. The van der Waals surface area contributed by atoms with Gasteiger partial charge in [0.1, 0.15) is 5.00 Å². The van der Waals surface area contributed by atoms with Gasteiger partial charge in [-0.25, -0.2) is 8.42 Å². The van der Waals surface area contributed by atoms with Gasteiger partial charge in [0.25, 0.3) is 11.8 Å². The summed E-state index contributed by atoms with van der Waals surface area (Å²) in [5.41, 5.74) is 1.93. The molecule has 11 heteroatoms. The highest BCUT2D eigenvalue weighted by Gasteiger charge is 2.33. The lowest BCUT2D eigenvalue weighted by molar-refractivity contribution is -0.0440. The Balaban J connectivity index is 1.57.